The summed E-state index contributed by atoms with van der Waals surface area (Å²) in [4.78, 5) is 25.1. The van der Waals surface area contributed by atoms with Crippen molar-refractivity contribution in [3.05, 3.63) is 29.3 Å². The maximum atomic E-state index is 11.6. The fraction of sp³-hybridized carbons (Fsp3) is 0.429. The number of benzene rings is 1. The first kappa shape index (κ1) is 15.2. The zero-order chi connectivity index (χ0) is 14.4. The van der Waals surface area contributed by atoms with E-state index >= 15 is 0 Å². The molecule has 104 valence electrons. The van der Waals surface area contributed by atoms with Crippen LogP contribution < -0.4 is 10.6 Å². The average molecular weight is 263 g/mol. The van der Waals surface area contributed by atoms with Crippen LogP contribution in [0, 0.1) is 13.8 Å². The molecule has 0 saturated carbocycles. The Kier molecular flexibility index (Phi) is 5.51. The number of rotatable bonds is 4. The summed E-state index contributed by atoms with van der Waals surface area (Å²) in [5, 5.41) is 5.15. The van der Waals surface area contributed by atoms with Gasteiger partial charge >= 0.3 is 11.8 Å². The van der Waals surface area contributed by atoms with Crippen LogP contribution in [-0.2, 0) is 9.59 Å². The van der Waals surface area contributed by atoms with Crippen molar-refractivity contribution in [3.8, 4) is 0 Å². The summed E-state index contributed by atoms with van der Waals surface area (Å²) in [5.74, 6) is -1.25. The lowest BCUT2D eigenvalue weighted by Gasteiger charge is -2.11. The number of anilines is 1. The summed E-state index contributed by atoms with van der Waals surface area (Å²) in [5.41, 5.74) is 2.86. The maximum absolute atomic E-state index is 11.6. The van der Waals surface area contributed by atoms with Gasteiger partial charge in [0.1, 0.15) is 0 Å². The van der Waals surface area contributed by atoms with Gasteiger partial charge in [-0.25, -0.2) is 0 Å². The summed E-state index contributed by atoms with van der Waals surface area (Å²) >= 11 is 0. The molecule has 0 atom stereocenters. The van der Waals surface area contributed by atoms with E-state index in [4.69, 9.17) is 0 Å². The summed E-state index contributed by atoms with van der Waals surface area (Å²) in [7, 11) is 3.81. The fourth-order valence-corrected chi connectivity index (χ4v) is 1.48. The van der Waals surface area contributed by atoms with E-state index in [1.54, 1.807) is 6.07 Å². The lowest BCUT2D eigenvalue weighted by atomic mass is 10.1. The first-order valence-corrected chi connectivity index (χ1v) is 6.21. The third-order valence-corrected chi connectivity index (χ3v) is 2.82. The van der Waals surface area contributed by atoms with Gasteiger partial charge < -0.3 is 15.5 Å². The monoisotopic (exact) mass is 263 g/mol. The van der Waals surface area contributed by atoms with Crippen LogP contribution in [0.5, 0.6) is 0 Å². The SMILES string of the molecule is Cc1ccc(NC(=O)C(=O)NCCN(C)C)cc1C. The number of aryl methyl sites for hydroxylation is 2. The van der Waals surface area contributed by atoms with Crippen molar-refractivity contribution in [3.63, 3.8) is 0 Å². The third-order valence-electron chi connectivity index (χ3n) is 2.82. The van der Waals surface area contributed by atoms with Crippen LogP contribution in [0.3, 0.4) is 0 Å². The van der Waals surface area contributed by atoms with Crippen molar-refractivity contribution in [2.24, 2.45) is 0 Å². The van der Waals surface area contributed by atoms with Gasteiger partial charge in [0.2, 0.25) is 0 Å². The highest BCUT2D eigenvalue weighted by atomic mass is 16.2. The number of amides is 2. The van der Waals surface area contributed by atoms with Gasteiger partial charge in [0, 0.05) is 18.8 Å². The highest BCUT2D eigenvalue weighted by molar-refractivity contribution is 6.39. The molecule has 0 spiro atoms. The van der Waals surface area contributed by atoms with Crippen LogP contribution in [0.1, 0.15) is 11.1 Å². The van der Waals surface area contributed by atoms with Crippen LogP contribution in [0.15, 0.2) is 18.2 Å². The summed E-state index contributed by atoms with van der Waals surface area (Å²) < 4.78 is 0. The van der Waals surface area contributed by atoms with Crippen molar-refractivity contribution in [1.29, 1.82) is 0 Å². The normalized spacial score (nSPS) is 10.4. The van der Waals surface area contributed by atoms with Crippen molar-refractivity contribution in [2.45, 2.75) is 13.8 Å². The van der Waals surface area contributed by atoms with E-state index in [1.807, 2.05) is 45.0 Å². The van der Waals surface area contributed by atoms with Gasteiger partial charge in [-0.1, -0.05) is 6.07 Å². The molecule has 1 aromatic carbocycles. The molecule has 5 nitrogen and oxygen atoms in total. The van der Waals surface area contributed by atoms with E-state index in [0.29, 0.717) is 18.8 Å². The number of nitrogens with one attached hydrogen (secondary N) is 2. The van der Waals surface area contributed by atoms with Crippen LogP contribution in [0.2, 0.25) is 0 Å². The second-order valence-electron chi connectivity index (χ2n) is 4.81. The molecule has 1 rings (SSSR count). The van der Waals surface area contributed by atoms with Gasteiger partial charge in [-0.05, 0) is 51.2 Å². The molecule has 0 bridgehead atoms. The molecule has 0 fully saturated rings. The number of carbonyl (C=O) groups excluding carboxylic acids is 2. The lowest BCUT2D eigenvalue weighted by molar-refractivity contribution is -0.136. The first-order chi connectivity index (χ1) is 8.90. The summed E-state index contributed by atoms with van der Waals surface area (Å²) in [6, 6.07) is 5.54. The molecule has 2 amide bonds. The predicted molar refractivity (Wildman–Crippen MR) is 76.1 cm³/mol. The minimum absolute atomic E-state index is 0.451. The van der Waals surface area contributed by atoms with Gasteiger partial charge in [-0.2, -0.15) is 0 Å². The van der Waals surface area contributed by atoms with Crippen molar-refractivity contribution in [1.82, 2.24) is 10.2 Å². The van der Waals surface area contributed by atoms with E-state index < -0.39 is 11.8 Å². The van der Waals surface area contributed by atoms with E-state index in [0.717, 1.165) is 11.1 Å². The van der Waals surface area contributed by atoms with Crippen LogP contribution in [0.4, 0.5) is 5.69 Å². The standard InChI is InChI=1S/C14H21N3O2/c1-10-5-6-12(9-11(10)2)16-14(19)13(18)15-7-8-17(3)4/h5-6,9H,7-8H2,1-4H3,(H,15,18)(H,16,19). The number of carbonyl (C=O) groups is 2. The number of hydrogen-bond donors (Lipinski definition) is 2. The second kappa shape index (κ2) is 6.89. The molecule has 0 aliphatic rings. The smallest absolute Gasteiger partial charge is 0.313 e. The lowest BCUT2D eigenvalue weighted by Crippen LogP contribution is -2.38. The Morgan fingerprint density at radius 2 is 1.79 bits per heavy atom. The summed E-state index contributed by atoms with van der Waals surface area (Å²) in [6.45, 7) is 5.10. The molecule has 5 heteroatoms. The van der Waals surface area contributed by atoms with Crippen molar-refractivity contribution in [2.75, 3.05) is 32.5 Å². The molecule has 0 aliphatic heterocycles. The molecule has 0 aromatic heterocycles. The minimum atomic E-state index is -0.637. The van der Waals surface area contributed by atoms with Gasteiger partial charge in [0.05, 0.1) is 0 Å². The number of likely N-dealkylation sites (N-methyl/N-ethyl adjacent to an activating group) is 1. The molecule has 0 saturated heterocycles. The Bertz CT molecular complexity index is 470. The zero-order valence-corrected chi connectivity index (χ0v) is 11.9. The third kappa shape index (κ3) is 5.09. The predicted octanol–water partition coefficient (Wildman–Crippen LogP) is 0.920. The van der Waals surface area contributed by atoms with Gasteiger partial charge in [-0.3, -0.25) is 9.59 Å². The second-order valence-corrected chi connectivity index (χ2v) is 4.81. The Morgan fingerprint density at radius 1 is 1.11 bits per heavy atom. The zero-order valence-electron chi connectivity index (χ0n) is 11.9. The van der Waals surface area contributed by atoms with Crippen molar-refractivity contribution < 1.29 is 9.59 Å². The van der Waals surface area contributed by atoms with E-state index in [9.17, 15) is 9.59 Å². The molecular weight excluding hydrogens is 242 g/mol. The Labute approximate surface area is 114 Å². The van der Waals surface area contributed by atoms with Crippen LogP contribution in [0.25, 0.3) is 0 Å². The first-order valence-electron chi connectivity index (χ1n) is 6.21. The summed E-state index contributed by atoms with van der Waals surface area (Å²) in [6.07, 6.45) is 0. The van der Waals surface area contributed by atoms with Crippen LogP contribution in [-0.4, -0.2) is 43.9 Å². The highest BCUT2D eigenvalue weighted by Crippen LogP contribution is 2.13. The molecule has 2 N–H and O–H groups in total. The molecule has 0 unspecified atom stereocenters. The van der Waals surface area contributed by atoms with E-state index in [1.165, 1.54) is 0 Å². The van der Waals surface area contributed by atoms with Crippen LogP contribution >= 0.6 is 0 Å². The quantitative estimate of drug-likeness (QED) is 0.794. The molecule has 19 heavy (non-hydrogen) atoms. The fourth-order valence-electron chi connectivity index (χ4n) is 1.48. The van der Waals surface area contributed by atoms with Gasteiger partial charge in [0.15, 0.2) is 0 Å². The van der Waals surface area contributed by atoms with Gasteiger partial charge in [0.25, 0.3) is 0 Å². The number of hydrogen-bond acceptors (Lipinski definition) is 3. The molecule has 0 heterocycles. The molecule has 0 radical (unpaired) electrons. The minimum Gasteiger partial charge on any atom is -0.347 e. The Hall–Kier alpha value is -1.88. The van der Waals surface area contributed by atoms with E-state index in [-0.39, 0.29) is 0 Å². The van der Waals surface area contributed by atoms with Gasteiger partial charge in [-0.15, -0.1) is 0 Å². The van der Waals surface area contributed by atoms with Crippen molar-refractivity contribution >= 4 is 17.5 Å². The maximum Gasteiger partial charge on any atom is 0.313 e. The average Bonchev–Trinajstić information content (AvgIpc) is 2.33. The Morgan fingerprint density at radius 3 is 2.37 bits per heavy atom. The molecular formula is C14H21N3O2. The topological polar surface area (TPSA) is 61.4 Å². The largest absolute Gasteiger partial charge is 0.347 e. The number of nitrogens with zero attached hydrogens (tertiary/aromatic N) is 1. The highest BCUT2D eigenvalue weighted by Gasteiger charge is 2.13. The Balaban J connectivity index is 2.49. The molecule has 1 aromatic rings. The molecule has 0 aliphatic carbocycles. The van der Waals surface area contributed by atoms with E-state index in [2.05, 4.69) is 10.6 Å².